The minimum atomic E-state index is 0.528. The van der Waals surface area contributed by atoms with Crippen molar-refractivity contribution in [1.29, 1.82) is 0 Å². The maximum atomic E-state index is 5.30. The normalized spacial score (nSPS) is 8.75. The Hall–Kier alpha value is -0.160. The average Bonchev–Trinajstić information content (AvgIpc) is 1.81. The second-order valence-corrected chi connectivity index (χ2v) is 1.55. The van der Waals surface area contributed by atoms with Gasteiger partial charge >= 0.3 is 0 Å². The molecule has 0 saturated heterocycles. The van der Waals surface area contributed by atoms with Crippen molar-refractivity contribution in [3.05, 3.63) is 29.5 Å². The quantitative estimate of drug-likeness (QED) is 0.321. The van der Waals surface area contributed by atoms with Crippen LogP contribution in [0, 0.1) is 0 Å². The Morgan fingerprint density at radius 2 is 2.25 bits per heavy atom. The fourth-order valence-corrected chi connectivity index (χ4v) is 0.387. The van der Waals surface area contributed by atoms with E-state index in [2.05, 4.69) is 5.73 Å². The van der Waals surface area contributed by atoms with E-state index in [9.17, 15) is 0 Å². The summed E-state index contributed by atoms with van der Waals surface area (Å²) >= 11 is 10.4. The molecule has 0 amide bonds. The van der Waals surface area contributed by atoms with Crippen molar-refractivity contribution in [3.8, 4) is 0 Å². The maximum Gasteiger partial charge on any atom is 0.0462 e. The van der Waals surface area contributed by atoms with Crippen LogP contribution in [0.2, 0.25) is 0 Å². The van der Waals surface area contributed by atoms with E-state index in [1.807, 2.05) is 0 Å². The van der Waals surface area contributed by atoms with Crippen LogP contribution in [0.4, 0.5) is 0 Å². The molecule has 0 aromatic heterocycles. The summed E-state index contributed by atoms with van der Waals surface area (Å²) in [5, 5.41) is 0. The summed E-state index contributed by atoms with van der Waals surface area (Å²) in [6.45, 7) is 0. The van der Waals surface area contributed by atoms with E-state index in [0.717, 1.165) is 0 Å². The Labute approximate surface area is 59.1 Å². The van der Waals surface area contributed by atoms with Crippen LogP contribution in [0.5, 0.6) is 0 Å². The molecule has 0 atom stereocenters. The first-order valence-electron chi connectivity index (χ1n) is 2.14. The van der Waals surface area contributed by atoms with Gasteiger partial charge in [-0.05, 0) is 6.08 Å². The molecule has 0 unspecified atom stereocenters. The Kier molecular flexibility index (Phi) is 6.70. The molecular formula is C6H6Cl2. The first-order valence-corrected chi connectivity index (χ1v) is 3.11. The molecule has 0 N–H and O–H groups in total. The fraction of sp³-hybridized carbons (Fsp3) is 0.167. The van der Waals surface area contributed by atoms with Gasteiger partial charge < -0.3 is 0 Å². The van der Waals surface area contributed by atoms with Crippen molar-refractivity contribution in [2.24, 2.45) is 0 Å². The molecule has 0 aliphatic carbocycles. The van der Waals surface area contributed by atoms with Crippen LogP contribution in [0.15, 0.2) is 29.5 Å². The summed E-state index contributed by atoms with van der Waals surface area (Å²) in [5.74, 6) is 0.528. The highest BCUT2D eigenvalue weighted by Gasteiger charge is 1.59. The van der Waals surface area contributed by atoms with Gasteiger partial charge in [0.1, 0.15) is 0 Å². The summed E-state index contributed by atoms with van der Waals surface area (Å²) in [4.78, 5) is 0. The number of alkyl halides is 1. The zero-order chi connectivity index (χ0) is 6.24. The summed E-state index contributed by atoms with van der Waals surface area (Å²) < 4.78 is 0. The van der Waals surface area contributed by atoms with E-state index in [1.165, 1.54) is 5.54 Å². The zero-order valence-electron chi connectivity index (χ0n) is 4.27. The van der Waals surface area contributed by atoms with Gasteiger partial charge in [-0.25, -0.2) is 0 Å². The predicted octanol–water partition coefficient (Wildman–Crippen LogP) is 2.69. The fourth-order valence-electron chi connectivity index (χ4n) is 0.211. The number of hydrogen-bond donors (Lipinski definition) is 0. The van der Waals surface area contributed by atoms with Gasteiger partial charge in [0.05, 0.1) is 0 Å². The lowest BCUT2D eigenvalue weighted by atomic mass is 10.5. The average molecular weight is 149 g/mol. The van der Waals surface area contributed by atoms with E-state index in [1.54, 1.807) is 18.2 Å². The van der Waals surface area contributed by atoms with Crippen LogP contribution >= 0.6 is 23.2 Å². The Morgan fingerprint density at radius 1 is 1.50 bits per heavy atom. The molecule has 0 saturated carbocycles. The third-order valence-corrected chi connectivity index (χ3v) is 0.785. The monoisotopic (exact) mass is 148 g/mol. The van der Waals surface area contributed by atoms with E-state index >= 15 is 0 Å². The van der Waals surface area contributed by atoms with Gasteiger partial charge in [-0.15, -0.1) is 17.3 Å². The maximum absolute atomic E-state index is 5.30. The molecule has 0 bridgehead atoms. The molecule has 8 heavy (non-hydrogen) atoms. The largest absolute Gasteiger partial charge is 0.122 e. The topological polar surface area (TPSA) is 0 Å². The number of halogens is 2. The van der Waals surface area contributed by atoms with Gasteiger partial charge in [0.15, 0.2) is 0 Å². The standard InChI is InChI=1S/C6H6Cl2/c7-5-3-1-2-4-6-8/h1-3,6H,5H2/b3-1+. The second-order valence-electron chi connectivity index (χ2n) is 1.02. The lowest BCUT2D eigenvalue weighted by Crippen LogP contribution is -1.53. The van der Waals surface area contributed by atoms with Gasteiger partial charge in [0.2, 0.25) is 0 Å². The van der Waals surface area contributed by atoms with Gasteiger partial charge in [0.25, 0.3) is 0 Å². The summed E-state index contributed by atoms with van der Waals surface area (Å²) in [6, 6.07) is 0. The molecule has 0 aromatic carbocycles. The minimum absolute atomic E-state index is 0.528. The highest BCUT2D eigenvalue weighted by atomic mass is 35.5. The van der Waals surface area contributed by atoms with Gasteiger partial charge in [-0.1, -0.05) is 23.8 Å². The van der Waals surface area contributed by atoms with Crippen LogP contribution in [0.1, 0.15) is 0 Å². The molecule has 0 radical (unpaired) electrons. The van der Waals surface area contributed by atoms with Crippen LogP contribution in [0.3, 0.4) is 0 Å². The van der Waals surface area contributed by atoms with Gasteiger partial charge in [0, 0.05) is 11.4 Å². The highest BCUT2D eigenvalue weighted by molar-refractivity contribution is 6.25. The molecule has 0 rings (SSSR count). The summed E-state index contributed by atoms with van der Waals surface area (Å²) in [5.41, 5.74) is 3.97. The number of hydrogen-bond acceptors (Lipinski definition) is 0. The Morgan fingerprint density at radius 3 is 2.75 bits per heavy atom. The number of allylic oxidation sites excluding steroid dienone is 3. The lowest BCUT2D eigenvalue weighted by molar-refractivity contribution is 1.74. The van der Waals surface area contributed by atoms with E-state index < -0.39 is 0 Å². The SMILES string of the molecule is ClC=C=C/C=C/CCl. The first kappa shape index (κ1) is 7.84. The molecule has 0 heterocycles. The van der Waals surface area contributed by atoms with Crippen molar-refractivity contribution in [2.45, 2.75) is 0 Å². The highest BCUT2D eigenvalue weighted by Crippen LogP contribution is 1.79. The molecule has 0 fully saturated rings. The third kappa shape index (κ3) is 5.84. The van der Waals surface area contributed by atoms with Crippen LogP contribution in [0.25, 0.3) is 0 Å². The molecular weight excluding hydrogens is 143 g/mol. The second kappa shape index (κ2) is 6.84. The van der Waals surface area contributed by atoms with Crippen LogP contribution in [-0.2, 0) is 0 Å². The minimum Gasteiger partial charge on any atom is -0.122 e. The van der Waals surface area contributed by atoms with Crippen LogP contribution < -0.4 is 0 Å². The summed E-state index contributed by atoms with van der Waals surface area (Å²) in [7, 11) is 0. The zero-order valence-corrected chi connectivity index (χ0v) is 5.78. The molecule has 0 aromatic rings. The smallest absolute Gasteiger partial charge is 0.0462 e. The lowest BCUT2D eigenvalue weighted by Gasteiger charge is -1.66. The molecule has 0 aliphatic heterocycles. The molecule has 0 aliphatic rings. The van der Waals surface area contributed by atoms with E-state index in [4.69, 9.17) is 23.2 Å². The predicted molar refractivity (Wildman–Crippen MR) is 38.4 cm³/mol. The van der Waals surface area contributed by atoms with Crippen molar-refractivity contribution >= 4 is 23.2 Å². The van der Waals surface area contributed by atoms with Crippen molar-refractivity contribution in [1.82, 2.24) is 0 Å². The van der Waals surface area contributed by atoms with E-state index in [-0.39, 0.29) is 0 Å². The third-order valence-electron chi connectivity index (χ3n) is 0.481. The molecule has 0 spiro atoms. The Balaban J connectivity index is 3.42. The van der Waals surface area contributed by atoms with Crippen molar-refractivity contribution in [2.75, 3.05) is 5.88 Å². The van der Waals surface area contributed by atoms with Gasteiger partial charge in [-0.3, -0.25) is 0 Å². The molecule has 0 nitrogen and oxygen atoms in total. The van der Waals surface area contributed by atoms with E-state index in [0.29, 0.717) is 5.88 Å². The molecule has 44 valence electrons. The molecule has 2 heteroatoms. The van der Waals surface area contributed by atoms with Crippen molar-refractivity contribution < 1.29 is 0 Å². The van der Waals surface area contributed by atoms with Crippen LogP contribution in [-0.4, -0.2) is 5.88 Å². The summed E-state index contributed by atoms with van der Waals surface area (Å²) in [6.07, 6.45) is 5.27. The van der Waals surface area contributed by atoms with Gasteiger partial charge in [-0.2, -0.15) is 0 Å². The first-order chi connectivity index (χ1) is 3.91. The van der Waals surface area contributed by atoms with Crippen molar-refractivity contribution in [3.63, 3.8) is 0 Å². The number of rotatable bonds is 2. The Bertz CT molecular complexity index is 118.